The number of benzene rings is 2. The first-order valence-electron chi connectivity index (χ1n) is 6.14. The molecule has 2 aromatic carbocycles. The molecule has 0 aliphatic rings. The van der Waals surface area contributed by atoms with Gasteiger partial charge in [0.1, 0.15) is 11.6 Å². The number of anilines is 1. The molecule has 0 aliphatic carbocycles. The normalized spacial score (nSPS) is 11.8. The van der Waals surface area contributed by atoms with Gasteiger partial charge < -0.3 is 10.6 Å². The van der Waals surface area contributed by atoms with Crippen LogP contribution < -0.4 is 10.6 Å². The Morgan fingerprint density at radius 1 is 1.05 bits per heavy atom. The molecule has 0 bridgehead atoms. The zero-order valence-electron chi connectivity index (χ0n) is 10.9. The summed E-state index contributed by atoms with van der Waals surface area (Å²) in [4.78, 5) is 0. The standard InChI is InChI=1S/C15H14F2N2S/c1-10(11-6-8-12(16)9-7-11)18-15(20)19-14-5-3-2-4-13(14)17/h2-10H,1H3,(H2,18,19,20). The molecule has 0 aliphatic heterocycles. The fourth-order valence-electron chi connectivity index (χ4n) is 1.75. The molecule has 2 N–H and O–H groups in total. The highest BCUT2D eigenvalue weighted by Crippen LogP contribution is 2.15. The van der Waals surface area contributed by atoms with Crippen molar-refractivity contribution in [2.24, 2.45) is 0 Å². The van der Waals surface area contributed by atoms with Crippen molar-refractivity contribution < 1.29 is 8.78 Å². The van der Waals surface area contributed by atoms with Crippen molar-refractivity contribution in [3.8, 4) is 0 Å². The van der Waals surface area contributed by atoms with Gasteiger partial charge in [0.2, 0.25) is 0 Å². The van der Waals surface area contributed by atoms with Gasteiger partial charge in [0.15, 0.2) is 5.11 Å². The van der Waals surface area contributed by atoms with Crippen LogP contribution in [0, 0.1) is 11.6 Å². The molecule has 104 valence electrons. The molecule has 2 rings (SSSR count). The topological polar surface area (TPSA) is 24.1 Å². The Hall–Kier alpha value is -2.01. The van der Waals surface area contributed by atoms with E-state index in [0.29, 0.717) is 10.8 Å². The van der Waals surface area contributed by atoms with Gasteiger partial charge in [-0.05, 0) is 49.0 Å². The van der Waals surface area contributed by atoms with E-state index in [1.807, 2.05) is 6.92 Å². The first-order valence-corrected chi connectivity index (χ1v) is 6.54. The van der Waals surface area contributed by atoms with Crippen LogP contribution in [0.2, 0.25) is 0 Å². The van der Waals surface area contributed by atoms with Gasteiger partial charge in [-0.1, -0.05) is 24.3 Å². The predicted octanol–water partition coefficient (Wildman–Crippen LogP) is 4.01. The van der Waals surface area contributed by atoms with Crippen LogP contribution in [0.3, 0.4) is 0 Å². The second kappa shape index (κ2) is 6.43. The van der Waals surface area contributed by atoms with E-state index in [1.165, 1.54) is 18.2 Å². The summed E-state index contributed by atoms with van der Waals surface area (Å²) in [7, 11) is 0. The number of para-hydroxylation sites is 1. The van der Waals surface area contributed by atoms with Crippen LogP contribution in [0.25, 0.3) is 0 Å². The van der Waals surface area contributed by atoms with Crippen molar-refractivity contribution >= 4 is 23.0 Å². The van der Waals surface area contributed by atoms with E-state index in [9.17, 15) is 8.78 Å². The molecular formula is C15H14F2N2S. The van der Waals surface area contributed by atoms with Gasteiger partial charge in [0, 0.05) is 0 Å². The van der Waals surface area contributed by atoms with Gasteiger partial charge in [-0.2, -0.15) is 0 Å². The summed E-state index contributed by atoms with van der Waals surface area (Å²) >= 11 is 5.13. The van der Waals surface area contributed by atoms with E-state index in [1.54, 1.807) is 30.3 Å². The van der Waals surface area contributed by atoms with Crippen LogP contribution in [0.5, 0.6) is 0 Å². The minimum atomic E-state index is -0.369. The number of thiocarbonyl (C=S) groups is 1. The Bertz CT molecular complexity index is 599. The van der Waals surface area contributed by atoms with Crippen LogP contribution in [-0.2, 0) is 0 Å². The third-order valence-corrected chi connectivity index (χ3v) is 3.06. The van der Waals surface area contributed by atoms with Crippen LogP contribution in [-0.4, -0.2) is 5.11 Å². The van der Waals surface area contributed by atoms with Gasteiger partial charge in [-0.25, -0.2) is 8.78 Å². The van der Waals surface area contributed by atoms with Crippen LogP contribution in [0.4, 0.5) is 14.5 Å². The summed E-state index contributed by atoms with van der Waals surface area (Å²) < 4.78 is 26.3. The minimum absolute atomic E-state index is 0.109. The molecule has 2 nitrogen and oxygen atoms in total. The van der Waals surface area contributed by atoms with Crippen molar-refractivity contribution in [1.29, 1.82) is 0 Å². The lowest BCUT2D eigenvalue weighted by molar-refractivity contribution is 0.624. The van der Waals surface area contributed by atoms with Crippen molar-refractivity contribution in [3.63, 3.8) is 0 Å². The predicted molar refractivity (Wildman–Crippen MR) is 80.6 cm³/mol. The second-order valence-electron chi connectivity index (χ2n) is 4.35. The van der Waals surface area contributed by atoms with Crippen molar-refractivity contribution in [2.45, 2.75) is 13.0 Å². The first kappa shape index (κ1) is 14.4. The summed E-state index contributed by atoms with van der Waals surface area (Å²) in [5, 5.41) is 6.13. The number of hydrogen-bond donors (Lipinski definition) is 2. The van der Waals surface area contributed by atoms with Crippen molar-refractivity contribution in [3.05, 3.63) is 65.7 Å². The Kier molecular flexibility index (Phi) is 4.63. The van der Waals surface area contributed by atoms with Gasteiger partial charge in [0.25, 0.3) is 0 Å². The van der Waals surface area contributed by atoms with Crippen LogP contribution >= 0.6 is 12.2 Å². The number of nitrogens with one attached hydrogen (secondary N) is 2. The highest BCUT2D eigenvalue weighted by molar-refractivity contribution is 7.80. The SMILES string of the molecule is CC(NC(=S)Nc1ccccc1F)c1ccc(F)cc1. The number of hydrogen-bond acceptors (Lipinski definition) is 1. The highest BCUT2D eigenvalue weighted by atomic mass is 32.1. The maximum atomic E-state index is 13.5. The lowest BCUT2D eigenvalue weighted by Gasteiger charge is -2.17. The first-order chi connectivity index (χ1) is 9.56. The summed E-state index contributed by atoms with van der Waals surface area (Å²) in [6.45, 7) is 1.89. The lowest BCUT2D eigenvalue weighted by Crippen LogP contribution is -2.31. The molecule has 5 heteroatoms. The Labute approximate surface area is 121 Å². The summed E-state index contributed by atoms with van der Waals surface area (Å²) in [5.41, 5.74) is 1.21. The molecule has 1 atom stereocenters. The molecule has 0 amide bonds. The third-order valence-electron chi connectivity index (χ3n) is 2.84. The molecule has 0 spiro atoms. The maximum absolute atomic E-state index is 13.5. The largest absolute Gasteiger partial charge is 0.356 e. The smallest absolute Gasteiger partial charge is 0.171 e. The molecular weight excluding hydrogens is 278 g/mol. The average molecular weight is 292 g/mol. The number of halogens is 2. The highest BCUT2D eigenvalue weighted by Gasteiger charge is 2.08. The molecule has 0 saturated heterocycles. The van der Waals surface area contributed by atoms with E-state index in [4.69, 9.17) is 12.2 Å². The lowest BCUT2D eigenvalue weighted by atomic mass is 10.1. The monoisotopic (exact) mass is 292 g/mol. The molecule has 0 saturated carbocycles. The molecule has 0 radical (unpaired) electrons. The van der Waals surface area contributed by atoms with Crippen LogP contribution in [0.15, 0.2) is 48.5 Å². The minimum Gasteiger partial charge on any atom is -0.356 e. The van der Waals surface area contributed by atoms with Gasteiger partial charge in [0.05, 0.1) is 11.7 Å². The van der Waals surface area contributed by atoms with Crippen molar-refractivity contribution in [2.75, 3.05) is 5.32 Å². The van der Waals surface area contributed by atoms with Crippen LogP contribution in [0.1, 0.15) is 18.5 Å². The zero-order chi connectivity index (χ0) is 14.5. The Morgan fingerprint density at radius 3 is 2.35 bits per heavy atom. The maximum Gasteiger partial charge on any atom is 0.171 e. The van der Waals surface area contributed by atoms with E-state index < -0.39 is 0 Å². The summed E-state index contributed by atoms with van der Waals surface area (Å²) in [6, 6.07) is 12.3. The van der Waals surface area contributed by atoms with Gasteiger partial charge >= 0.3 is 0 Å². The van der Waals surface area contributed by atoms with E-state index in [-0.39, 0.29) is 17.7 Å². The molecule has 20 heavy (non-hydrogen) atoms. The zero-order valence-corrected chi connectivity index (χ0v) is 11.7. The Balaban J connectivity index is 1.98. The fourth-order valence-corrected chi connectivity index (χ4v) is 2.04. The second-order valence-corrected chi connectivity index (χ2v) is 4.76. The molecule has 1 unspecified atom stereocenters. The third kappa shape index (κ3) is 3.74. The molecule has 2 aromatic rings. The number of rotatable bonds is 3. The van der Waals surface area contributed by atoms with Crippen molar-refractivity contribution in [1.82, 2.24) is 5.32 Å². The molecule has 0 fully saturated rings. The Morgan fingerprint density at radius 2 is 1.70 bits per heavy atom. The summed E-state index contributed by atoms with van der Waals surface area (Å²) in [5.74, 6) is -0.654. The molecule has 0 aromatic heterocycles. The molecule has 0 heterocycles. The van der Waals surface area contributed by atoms with Gasteiger partial charge in [-0.15, -0.1) is 0 Å². The summed E-state index contributed by atoms with van der Waals surface area (Å²) in [6.07, 6.45) is 0. The fraction of sp³-hybridized carbons (Fsp3) is 0.133. The quantitative estimate of drug-likeness (QED) is 0.836. The van der Waals surface area contributed by atoms with E-state index in [2.05, 4.69) is 10.6 Å². The van der Waals surface area contributed by atoms with E-state index >= 15 is 0 Å². The average Bonchev–Trinajstić information content (AvgIpc) is 2.42. The van der Waals surface area contributed by atoms with Gasteiger partial charge in [-0.3, -0.25) is 0 Å². The van der Waals surface area contributed by atoms with E-state index in [0.717, 1.165) is 5.56 Å².